The van der Waals surface area contributed by atoms with Crippen molar-refractivity contribution in [3.63, 3.8) is 0 Å². The highest BCUT2D eigenvalue weighted by molar-refractivity contribution is 14.1. The third kappa shape index (κ3) is 21.2. The monoisotopic (exact) mass is 1020 g/mol. The van der Waals surface area contributed by atoms with E-state index in [1.807, 2.05) is 37.3 Å². The summed E-state index contributed by atoms with van der Waals surface area (Å²) in [5, 5.41) is 15.4. The molecule has 1 aromatic carbocycles. The van der Waals surface area contributed by atoms with Gasteiger partial charge in [-0.1, -0.05) is 0 Å². The molecule has 3 N–H and O–H groups in total. The van der Waals surface area contributed by atoms with Crippen LogP contribution in [0.5, 0.6) is 0 Å². The molecule has 2 saturated heterocycles. The van der Waals surface area contributed by atoms with Crippen LogP contribution in [0.3, 0.4) is 0 Å². The van der Waals surface area contributed by atoms with Crippen LogP contribution in [0.2, 0.25) is 0 Å². The number of carboxylic acids is 1. The molecule has 1 unspecified atom stereocenters. The van der Waals surface area contributed by atoms with Gasteiger partial charge in [0, 0.05) is 100 Å². The zero-order valence-corrected chi connectivity index (χ0v) is 37.6. The maximum Gasteiger partial charge on any atom is 0.363 e. The molecule has 2 heterocycles. The van der Waals surface area contributed by atoms with E-state index in [9.17, 15) is 48.3 Å². The molecule has 1 atom stereocenters. The highest BCUT2D eigenvalue weighted by atomic mass is 127. The lowest BCUT2D eigenvalue weighted by atomic mass is 10.1. The van der Waals surface area contributed by atoms with Gasteiger partial charge < -0.3 is 49.0 Å². The van der Waals surface area contributed by atoms with Crippen LogP contribution in [-0.4, -0.2) is 216 Å². The van der Waals surface area contributed by atoms with Crippen LogP contribution in [0.25, 0.3) is 0 Å². The van der Waals surface area contributed by atoms with E-state index < -0.39 is 35.9 Å². The van der Waals surface area contributed by atoms with Crippen molar-refractivity contribution in [2.75, 3.05) is 125 Å². The van der Waals surface area contributed by atoms with Gasteiger partial charge in [-0.25, -0.2) is 4.79 Å². The number of halogens is 1. The summed E-state index contributed by atoms with van der Waals surface area (Å²) in [5.74, 6) is -3.94. The lowest BCUT2D eigenvalue weighted by Crippen LogP contribution is -2.50. The second kappa shape index (κ2) is 31.1. The molecule has 1 aromatic rings. The number of hydrogen-bond acceptors (Lipinski definition) is 20. The Morgan fingerprint density at radius 3 is 1.77 bits per heavy atom. The van der Waals surface area contributed by atoms with Gasteiger partial charge in [0.2, 0.25) is 5.91 Å². The fraction of sp³-hybridized carbons (Fsp3) is 0.615. The first kappa shape index (κ1) is 53.4. The number of aliphatic carboxylic acids is 1. The summed E-state index contributed by atoms with van der Waals surface area (Å²) in [6.07, 6.45) is -0.723. The molecule has 2 aliphatic heterocycles. The SMILES string of the molecule is O=COCN1CCN(COC=O)CCN(C(CCC(=O)NCCOCCOCCOCCNC(=O)c2cc(I)cc(C(=O)ON3C(=O)CCC3=O)c2)OC=O)CCN(CC(=O)O)CC1. The van der Waals surface area contributed by atoms with Crippen molar-refractivity contribution < 1.29 is 81.5 Å². The largest absolute Gasteiger partial charge is 0.480 e. The number of nitrogens with one attached hydrogen (secondary N) is 2. The zero-order chi connectivity index (χ0) is 46.5. The summed E-state index contributed by atoms with van der Waals surface area (Å²) in [6.45, 7) is 5.34. The Balaban J connectivity index is 1.30. The summed E-state index contributed by atoms with van der Waals surface area (Å²) in [5.41, 5.74) is 0.184. The first-order chi connectivity index (χ1) is 30.9. The molecule has 0 aromatic heterocycles. The van der Waals surface area contributed by atoms with E-state index in [0.29, 0.717) is 67.3 Å². The second-order valence-electron chi connectivity index (χ2n) is 14.1. The number of hydrogen-bond donors (Lipinski definition) is 3. The van der Waals surface area contributed by atoms with Crippen molar-refractivity contribution in [3.05, 3.63) is 32.9 Å². The molecule has 0 bridgehead atoms. The van der Waals surface area contributed by atoms with Crippen LogP contribution in [0.4, 0.5) is 0 Å². The molecule has 0 aliphatic carbocycles. The third-order valence-corrected chi connectivity index (χ3v) is 10.2. The summed E-state index contributed by atoms with van der Waals surface area (Å²) in [4.78, 5) is 119. The average Bonchev–Trinajstić information content (AvgIpc) is 3.58. The quantitative estimate of drug-likeness (QED) is 0.0264. The van der Waals surface area contributed by atoms with Crippen molar-refractivity contribution in [1.82, 2.24) is 35.3 Å². The van der Waals surface area contributed by atoms with E-state index in [4.69, 9.17) is 33.3 Å². The van der Waals surface area contributed by atoms with Gasteiger partial charge in [0.05, 0.1) is 51.7 Å². The van der Waals surface area contributed by atoms with Gasteiger partial charge in [-0.2, -0.15) is 0 Å². The fourth-order valence-corrected chi connectivity index (χ4v) is 6.91. The summed E-state index contributed by atoms with van der Waals surface area (Å²) in [6, 6.07) is 4.33. The Bertz CT molecular complexity index is 1680. The Kier molecular flexibility index (Phi) is 25.9. The number of benzene rings is 1. The molecular weight excluding hydrogens is 965 g/mol. The van der Waals surface area contributed by atoms with Gasteiger partial charge in [0.15, 0.2) is 6.23 Å². The molecule has 2 aliphatic rings. The lowest BCUT2D eigenvalue weighted by molar-refractivity contribution is -0.172. The van der Waals surface area contributed by atoms with Crippen LogP contribution in [0, 0.1) is 3.57 Å². The van der Waals surface area contributed by atoms with Crippen LogP contribution in [0.15, 0.2) is 18.2 Å². The third-order valence-electron chi connectivity index (χ3n) is 9.54. The molecule has 4 amide bonds. The van der Waals surface area contributed by atoms with Gasteiger partial charge in [-0.3, -0.25) is 58.0 Å². The van der Waals surface area contributed by atoms with Crippen LogP contribution < -0.4 is 10.6 Å². The molecular formula is C39H56IN7O17. The second-order valence-corrected chi connectivity index (χ2v) is 15.3. The number of carbonyl (C=O) groups is 9. The van der Waals surface area contributed by atoms with Crippen molar-refractivity contribution in [2.45, 2.75) is 31.9 Å². The number of amides is 4. The van der Waals surface area contributed by atoms with E-state index in [1.54, 1.807) is 11.0 Å². The number of rotatable bonds is 29. The number of carboxylic acid groups (broad SMARTS) is 1. The summed E-state index contributed by atoms with van der Waals surface area (Å²) < 4.78 is 32.4. The van der Waals surface area contributed by atoms with Crippen molar-refractivity contribution in [3.8, 4) is 0 Å². The smallest absolute Gasteiger partial charge is 0.363 e. The average molecular weight is 1020 g/mol. The van der Waals surface area contributed by atoms with Gasteiger partial charge in [-0.05, 0) is 40.8 Å². The fourth-order valence-electron chi connectivity index (χ4n) is 6.24. The highest BCUT2D eigenvalue weighted by Crippen LogP contribution is 2.18. The summed E-state index contributed by atoms with van der Waals surface area (Å²) >= 11 is 1.93. The van der Waals surface area contributed by atoms with E-state index in [-0.39, 0.29) is 129 Å². The molecule has 0 spiro atoms. The maximum atomic E-state index is 12.7. The zero-order valence-electron chi connectivity index (χ0n) is 35.4. The standard InChI is InChI=1S/C39H56IN7O17/c40-32-22-30(21-31(23-32)39(57)64-47-34(52)2-3-35(47)53)38(56)42-6-16-59-18-20-60-19-17-58-15-5-41-33(51)1-4-36(63-29-50)46-13-11-43(24-37(54)55)7-8-44(25-61-27-48)9-10-45(12-14-46)26-62-28-49/h21-23,27-29,36H,1-20,24-26H2,(H,41,51)(H,42,56)(H,54,55). The van der Waals surface area contributed by atoms with Gasteiger partial charge in [-0.15, -0.1) is 5.06 Å². The predicted molar refractivity (Wildman–Crippen MR) is 226 cm³/mol. The van der Waals surface area contributed by atoms with Gasteiger partial charge in [0.1, 0.15) is 13.5 Å². The Morgan fingerprint density at radius 2 is 1.20 bits per heavy atom. The van der Waals surface area contributed by atoms with E-state index in [2.05, 4.69) is 10.6 Å². The van der Waals surface area contributed by atoms with Crippen molar-refractivity contribution in [2.24, 2.45) is 0 Å². The first-order valence-corrected chi connectivity index (χ1v) is 21.5. The highest BCUT2D eigenvalue weighted by Gasteiger charge is 2.33. The minimum atomic E-state index is -1.02. The molecule has 3 rings (SSSR count). The normalized spacial score (nSPS) is 16.5. The lowest BCUT2D eigenvalue weighted by Gasteiger charge is -2.35. The Hall–Kier alpha value is -4.90. The minimum absolute atomic E-state index is 0.00349. The van der Waals surface area contributed by atoms with Crippen molar-refractivity contribution in [1.29, 1.82) is 0 Å². The van der Waals surface area contributed by atoms with E-state index >= 15 is 0 Å². The number of imide groups is 1. The number of nitrogens with zero attached hydrogens (tertiary/aromatic N) is 5. The molecule has 0 radical (unpaired) electrons. The Labute approximate surface area is 383 Å². The summed E-state index contributed by atoms with van der Waals surface area (Å²) in [7, 11) is 0. The topological polar surface area (TPSA) is 279 Å². The van der Waals surface area contributed by atoms with E-state index in [0.717, 1.165) is 0 Å². The molecule has 0 saturated carbocycles. The first-order valence-electron chi connectivity index (χ1n) is 20.4. The van der Waals surface area contributed by atoms with E-state index in [1.165, 1.54) is 12.1 Å². The molecule has 64 heavy (non-hydrogen) atoms. The molecule has 2 fully saturated rings. The molecule has 356 valence electrons. The van der Waals surface area contributed by atoms with Gasteiger partial charge in [0.25, 0.3) is 37.1 Å². The molecule has 25 heteroatoms. The van der Waals surface area contributed by atoms with Crippen LogP contribution >= 0.6 is 22.6 Å². The Morgan fingerprint density at radius 1 is 0.688 bits per heavy atom. The van der Waals surface area contributed by atoms with Crippen LogP contribution in [0.1, 0.15) is 46.4 Å². The predicted octanol–water partition coefficient (Wildman–Crippen LogP) is -1.75. The van der Waals surface area contributed by atoms with Gasteiger partial charge >= 0.3 is 11.9 Å². The molecule has 24 nitrogen and oxygen atoms in total. The number of carbonyl (C=O) groups excluding carboxylic acids is 8. The van der Waals surface area contributed by atoms with Crippen molar-refractivity contribution >= 4 is 77.6 Å². The minimum Gasteiger partial charge on any atom is -0.480 e. The number of hydroxylamine groups is 2. The van der Waals surface area contributed by atoms with Crippen LogP contribution in [-0.2, 0) is 66.8 Å². The maximum absolute atomic E-state index is 12.7. The number of ether oxygens (including phenoxy) is 6.